The van der Waals surface area contributed by atoms with E-state index in [9.17, 15) is 18.0 Å². The van der Waals surface area contributed by atoms with Gasteiger partial charge in [0, 0.05) is 18.8 Å². The van der Waals surface area contributed by atoms with Crippen molar-refractivity contribution >= 4 is 17.7 Å². The van der Waals surface area contributed by atoms with Gasteiger partial charge in [-0.3, -0.25) is 0 Å². The van der Waals surface area contributed by atoms with E-state index in [1.807, 2.05) is 0 Å². The third-order valence-electron chi connectivity index (χ3n) is 2.22. The third kappa shape index (κ3) is 7.07. The summed E-state index contributed by atoms with van der Waals surface area (Å²) in [5, 5.41) is 11.7. The van der Waals surface area contributed by atoms with E-state index in [0.717, 1.165) is 17.3 Å². The topological polar surface area (TPSA) is 49.3 Å². The van der Waals surface area contributed by atoms with Gasteiger partial charge in [-0.05, 0) is 17.7 Å². The molecule has 0 saturated heterocycles. The quantitative estimate of drug-likeness (QED) is 0.759. The van der Waals surface area contributed by atoms with E-state index in [4.69, 9.17) is 5.11 Å². The molecular formula is C12H14F3NO2S. The first-order chi connectivity index (χ1) is 8.88. The van der Waals surface area contributed by atoms with E-state index in [1.54, 1.807) is 12.1 Å². The predicted octanol–water partition coefficient (Wildman–Crippen LogP) is 2.77. The molecule has 1 aromatic rings. The number of carbonyl (C=O) groups is 1. The lowest BCUT2D eigenvalue weighted by atomic mass is 10.1. The molecule has 1 rings (SSSR count). The van der Waals surface area contributed by atoms with Crippen LogP contribution in [0.25, 0.3) is 0 Å². The molecule has 0 aromatic heterocycles. The largest absolute Gasteiger partial charge is 0.478 e. The fourth-order valence-electron chi connectivity index (χ4n) is 1.33. The second-order valence-electron chi connectivity index (χ2n) is 3.85. The molecule has 3 nitrogen and oxygen atoms in total. The average molecular weight is 293 g/mol. The summed E-state index contributed by atoms with van der Waals surface area (Å²) in [6.07, 6.45) is -4.11. The molecule has 0 atom stereocenters. The smallest absolute Gasteiger partial charge is 0.397 e. The minimum atomic E-state index is -4.11. The molecule has 0 bridgehead atoms. The number of nitrogens with one attached hydrogen (secondary N) is 1. The molecule has 0 radical (unpaired) electrons. The van der Waals surface area contributed by atoms with Gasteiger partial charge < -0.3 is 10.4 Å². The lowest BCUT2D eigenvalue weighted by Gasteiger charge is -2.07. The number of carboxylic acids is 1. The Labute approximate surface area is 113 Å². The van der Waals surface area contributed by atoms with Gasteiger partial charge in [0.15, 0.2) is 0 Å². The molecule has 0 aliphatic carbocycles. The number of benzene rings is 1. The molecule has 7 heteroatoms. The minimum absolute atomic E-state index is 0.212. The lowest BCUT2D eigenvalue weighted by Crippen LogP contribution is -2.18. The van der Waals surface area contributed by atoms with E-state index in [-0.39, 0.29) is 5.56 Å². The molecule has 0 amide bonds. The van der Waals surface area contributed by atoms with Crippen molar-refractivity contribution in [2.24, 2.45) is 0 Å². The Morgan fingerprint density at radius 1 is 1.26 bits per heavy atom. The Morgan fingerprint density at radius 3 is 2.42 bits per heavy atom. The van der Waals surface area contributed by atoms with Crippen LogP contribution in [-0.4, -0.2) is 35.3 Å². The van der Waals surface area contributed by atoms with Crippen LogP contribution in [0.3, 0.4) is 0 Å². The average Bonchev–Trinajstić information content (AvgIpc) is 2.33. The van der Waals surface area contributed by atoms with Crippen LogP contribution >= 0.6 is 11.8 Å². The van der Waals surface area contributed by atoms with Gasteiger partial charge in [-0.2, -0.15) is 24.9 Å². The zero-order valence-corrected chi connectivity index (χ0v) is 10.9. The van der Waals surface area contributed by atoms with E-state index >= 15 is 0 Å². The van der Waals surface area contributed by atoms with Gasteiger partial charge in [0.2, 0.25) is 0 Å². The summed E-state index contributed by atoms with van der Waals surface area (Å²) >= 11 is 0.836. The number of carboxylic acid groups (broad SMARTS) is 1. The molecule has 0 fully saturated rings. The Kier molecular flexibility index (Phi) is 6.17. The van der Waals surface area contributed by atoms with Gasteiger partial charge >= 0.3 is 12.1 Å². The Hall–Kier alpha value is -1.21. The first-order valence-electron chi connectivity index (χ1n) is 5.56. The maximum absolute atomic E-state index is 11.8. The van der Waals surface area contributed by atoms with Crippen molar-refractivity contribution in [3.63, 3.8) is 0 Å². The SMILES string of the molecule is O=C(O)c1ccc(CNCCSCC(F)(F)F)cc1. The summed E-state index contributed by atoms with van der Waals surface area (Å²) in [6.45, 7) is 0.980. The van der Waals surface area contributed by atoms with Crippen molar-refractivity contribution in [1.82, 2.24) is 5.32 Å². The number of alkyl halides is 3. The highest BCUT2D eigenvalue weighted by atomic mass is 32.2. The number of thioether (sulfide) groups is 1. The van der Waals surface area contributed by atoms with E-state index < -0.39 is 17.9 Å². The van der Waals surface area contributed by atoms with Crippen LogP contribution in [0.4, 0.5) is 13.2 Å². The molecule has 0 spiro atoms. The molecule has 0 heterocycles. The second-order valence-corrected chi connectivity index (χ2v) is 4.95. The van der Waals surface area contributed by atoms with Crippen molar-refractivity contribution in [2.45, 2.75) is 12.7 Å². The molecule has 0 aliphatic heterocycles. The first kappa shape index (κ1) is 15.8. The summed E-state index contributed by atoms with van der Waals surface area (Å²) in [5.74, 6) is -1.43. The molecular weight excluding hydrogens is 279 g/mol. The van der Waals surface area contributed by atoms with E-state index in [0.29, 0.717) is 18.8 Å². The summed E-state index contributed by atoms with van der Waals surface area (Å²) < 4.78 is 35.5. The minimum Gasteiger partial charge on any atom is -0.478 e. The van der Waals surface area contributed by atoms with E-state index in [2.05, 4.69) is 5.32 Å². The van der Waals surface area contributed by atoms with Crippen molar-refractivity contribution in [3.8, 4) is 0 Å². The highest BCUT2D eigenvalue weighted by Gasteiger charge is 2.26. The summed E-state index contributed by atoms with van der Waals surface area (Å²) in [6, 6.07) is 6.36. The van der Waals surface area contributed by atoms with Gasteiger partial charge in [0.25, 0.3) is 0 Å². The molecule has 2 N–H and O–H groups in total. The van der Waals surface area contributed by atoms with Crippen molar-refractivity contribution in [1.29, 1.82) is 0 Å². The number of aromatic carboxylic acids is 1. The van der Waals surface area contributed by atoms with Crippen LogP contribution in [0, 0.1) is 0 Å². The van der Waals surface area contributed by atoms with Crippen LogP contribution in [0.5, 0.6) is 0 Å². The Bertz CT molecular complexity index is 406. The zero-order chi connectivity index (χ0) is 14.3. The molecule has 0 saturated carbocycles. The van der Waals surface area contributed by atoms with Crippen LogP contribution < -0.4 is 5.32 Å². The van der Waals surface area contributed by atoms with Crippen LogP contribution in [0.15, 0.2) is 24.3 Å². The van der Waals surface area contributed by atoms with Crippen LogP contribution in [0.1, 0.15) is 15.9 Å². The maximum atomic E-state index is 11.8. The third-order valence-corrected chi connectivity index (χ3v) is 3.24. The van der Waals surface area contributed by atoms with Gasteiger partial charge in [-0.15, -0.1) is 0 Å². The maximum Gasteiger partial charge on any atom is 0.397 e. The van der Waals surface area contributed by atoms with Gasteiger partial charge in [-0.1, -0.05) is 12.1 Å². The summed E-state index contributed by atoms with van der Waals surface area (Å²) in [7, 11) is 0. The number of halogens is 3. The summed E-state index contributed by atoms with van der Waals surface area (Å²) in [5.41, 5.74) is 1.11. The highest BCUT2D eigenvalue weighted by Crippen LogP contribution is 2.20. The number of rotatable bonds is 7. The Balaban J connectivity index is 2.17. The van der Waals surface area contributed by atoms with Gasteiger partial charge in [0.05, 0.1) is 11.3 Å². The molecule has 19 heavy (non-hydrogen) atoms. The second kappa shape index (κ2) is 7.40. The van der Waals surface area contributed by atoms with E-state index in [1.165, 1.54) is 12.1 Å². The number of hydrogen-bond donors (Lipinski definition) is 2. The fraction of sp³-hybridized carbons (Fsp3) is 0.417. The molecule has 1 aromatic carbocycles. The zero-order valence-electron chi connectivity index (χ0n) is 10.0. The lowest BCUT2D eigenvalue weighted by molar-refractivity contribution is -0.105. The molecule has 0 unspecified atom stereocenters. The van der Waals surface area contributed by atoms with Crippen molar-refractivity contribution < 1.29 is 23.1 Å². The monoisotopic (exact) mass is 293 g/mol. The molecule has 106 valence electrons. The van der Waals surface area contributed by atoms with Crippen molar-refractivity contribution in [2.75, 3.05) is 18.1 Å². The first-order valence-corrected chi connectivity index (χ1v) is 6.71. The predicted molar refractivity (Wildman–Crippen MR) is 68.5 cm³/mol. The Morgan fingerprint density at radius 2 is 1.89 bits per heavy atom. The normalized spacial score (nSPS) is 11.5. The molecule has 0 aliphatic rings. The standard InChI is InChI=1S/C12H14F3NO2S/c13-12(14,15)8-19-6-5-16-7-9-1-3-10(4-2-9)11(17)18/h1-4,16H,5-8H2,(H,17,18). The fourth-order valence-corrected chi connectivity index (χ4v) is 1.99. The number of hydrogen-bond acceptors (Lipinski definition) is 3. The van der Waals surface area contributed by atoms with Crippen molar-refractivity contribution in [3.05, 3.63) is 35.4 Å². The van der Waals surface area contributed by atoms with Gasteiger partial charge in [-0.25, -0.2) is 4.79 Å². The summed E-state index contributed by atoms with van der Waals surface area (Å²) in [4.78, 5) is 10.6. The van der Waals surface area contributed by atoms with Crippen LogP contribution in [0.2, 0.25) is 0 Å². The van der Waals surface area contributed by atoms with Gasteiger partial charge in [0.1, 0.15) is 0 Å². The van der Waals surface area contributed by atoms with Crippen LogP contribution in [-0.2, 0) is 6.54 Å². The highest BCUT2D eigenvalue weighted by molar-refractivity contribution is 7.99.